The molecule has 1 heterocycles. The molecular formula is C19H30N2O8. The fourth-order valence-electron chi connectivity index (χ4n) is 1.42. The van der Waals surface area contributed by atoms with Crippen LogP contribution in [0.25, 0.3) is 0 Å². The van der Waals surface area contributed by atoms with Crippen LogP contribution in [-0.4, -0.2) is 51.0 Å². The molecule has 0 aromatic carbocycles. The standard InChI is InChI=1S/C10H18O5.C9H12N2O3/c1-9(2,3)14-7(11)13-8(12)15-10(4,5)6;1-9(2,3)14-8(13)11-4-7(5-12)10-6-11/h1-6H3;4-6H,1-3H3. The summed E-state index contributed by atoms with van der Waals surface area (Å²) in [4.78, 5) is 47.4. The molecule has 0 spiro atoms. The van der Waals surface area contributed by atoms with Gasteiger partial charge in [-0.05, 0) is 62.3 Å². The van der Waals surface area contributed by atoms with Crippen LogP contribution in [-0.2, 0) is 18.9 Å². The van der Waals surface area contributed by atoms with Crippen molar-refractivity contribution in [2.24, 2.45) is 0 Å². The summed E-state index contributed by atoms with van der Waals surface area (Å²) in [7, 11) is 0. The number of rotatable bonds is 1. The molecular weight excluding hydrogens is 384 g/mol. The quantitative estimate of drug-likeness (QED) is 0.285. The lowest BCUT2D eigenvalue weighted by atomic mass is 10.2. The molecule has 0 aliphatic rings. The van der Waals surface area contributed by atoms with Gasteiger partial charge in [0.05, 0.1) is 0 Å². The smallest absolute Gasteiger partial charge is 0.443 e. The second-order valence-electron chi connectivity index (χ2n) is 8.83. The Morgan fingerprint density at radius 1 is 0.828 bits per heavy atom. The van der Waals surface area contributed by atoms with E-state index in [1.807, 2.05) is 0 Å². The van der Waals surface area contributed by atoms with E-state index < -0.39 is 35.2 Å². The number of imidazole rings is 1. The van der Waals surface area contributed by atoms with Crippen LogP contribution in [0.3, 0.4) is 0 Å². The van der Waals surface area contributed by atoms with Crippen LogP contribution in [0, 0.1) is 0 Å². The zero-order chi connectivity index (χ0) is 23.0. The highest BCUT2D eigenvalue weighted by molar-refractivity contribution is 5.77. The Bertz CT molecular complexity index is 692. The molecule has 1 aromatic rings. The zero-order valence-corrected chi connectivity index (χ0v) is 18.4. The first-order valence-corrected chi connectivity index (χ1v) is 8.78. The predicted octanol–water partition coefficient (Wildman–Crippen LogP) is 4.35. The Kier molecular flexibility index (Phi) is 9.03. The van der Waals surface area contributed by atoms with E-state index in [1.165, 1.54) is 12.5 Å². The van der Waals surface area contributed by atoms with Gasteiger partial charge >= 0.3 is 18.4 Å². The molecule has 10 heteroatoms. The Balaban J connectivity index is 0.000000541. The van der Waals surface area contributed by atoms with Crippen molar-refractivity contribution in [3.05, 3.63) is 18.2 Å². The Morgan fingerprint density at radius 3 is 1.55 bits per heavy atom. The second-order valence-corrected chi connectivity index (χ2v) is 8.83. The summed E-state index contributed by atoms with van der Waals surface area (Å²) < 4.78 is 20.0. The second kappa shape index (κ2) is 10.0. The molecule has 29 heavy (non-hydrogen) atoms. The molecule has 10 nitrogen and oxygen atoms in total. The molecule has 1 aromatic heterocycles. The third kappa shape index (κ3) is 13.8. The van der Waals surface area contributed by atoms with E-state index in [-0.39, 0.29) is 5.69 Å². The predicted molar refractivity (Wildman–Crippen MR) is 103 cm³/mol. The highest BCUT2D eigenvalue weighted by Gasteiger charge is 2.24. The van der Waals surface area contributed by atoms with Crippen LogP contribution in [0.1, 0.15) is 72.8 Å². The van der Waals surface area contributed by atoms with Gasteiger partial charge in [0, 0.05) is 6.20 Å². The van der Waals surface area contributed by atoms with Gasteiger partial charge in [-0.1, -0.05) is 0 Å². The normalized spacial score (nSPS) is 11.5. The van der Waals surface area contributed by atoms with Crippen molar-refractivity contribution >= 4 is 24.7 Å². The van der Waals surface area contributed by atoms with Gasteiger partial charge in [-0.2, -0.15) is 0 Å². The van der Waals surface area contributed by atoms with Crippen molar-refractivity contribution in [1.29, 1.82) is 0 Å². The first-order valence-electron chi connectivity index (χ1n) is 8.78. The summed E-state index contributed by atoms with van der Waals surface area (Å²) in [6.07, 6.45) is 0.478. The minimum atomic E-state index is -1.06. The lowest BCUT2D eigenvalue weighted by molar-refractivity contribution is -0.0294. The highest BCUT2D eigenvalue weighted by atomic mass is 16.8. The Hall–Kier alpha value is -2.91. The molecule has 0 amide bonds. The molecule has 0 atom stereocenters. The first-order chi connectivity index (χ1) is 12.9. The van der Waals surface area contributed by atoms with Crippen LogP contribution in [0.2, 0.25) is 0 Å². The van der Waals surface area contributed by atoms with E-state index in [0.29, 0.717) is 6.29 Å². The van der Waals surface area contributed by atoms with Gasteiger partial charge in [0.25, 0.3) is 0 Å². The monoisotopic (exact) mass is 414 g/mol. The summed E-state index contributed by atoms with van der Waals surface area (Å²) in [5.41, 5.74) is -1.74. The number of nitrogens with zero attached hydrogens (tertiary/aromatic N) is 2. The highest BCUT2D eigenvalue weighted by Crippen LogP contribution is 2.11. The summed E-state index contributed by atoms with van der Waals surface area (Å²) in [5, 5.41) is 0. The molecule has 0 radical (unpaired) electrons. The number of aldehydes is 1. The van der Waals surface area contributed by atoms with E-state index in [0.717, 1.165) is 4.57 Å². The van der Waals surface area contributed by atoms with Crippen molar-refractivity contribution in [3.63, 3.8) is 0 Å². The fourth-order valence-corrected chi connectivity index (χ4v) is 1.42. The molecule has 0 saturated carbocycles. The summed E-state index contributed by atoms with van der Waals surface area (Å²) >= 11 is 0. The van der Waals surface area contributed by atoms with Gasteiger partial charge in [0.1, 0.15) is 28.8 Å². The number of carbonyl (C=O) groups is 4. The SMILES string of the molecule is CC(C)(C)OC(=O)OC(=O)OC(C)(C)C.CC(C)(C)OC(=O)n1cnc(C=O)c1. The third-order valence-corrected chi connectivity index (χ3v) is 2.27. The Labute approximate surface area is 170 Å². The molecule has 0 bridgehead atoms. The van der Waals surface area contributed by atoms with Crippen LogP contribution in [0.5, 0.6) is 0 Å². The third-order valence-electron chi connectivity index (χ3n) is 2.27. The maximum absolute atomic E-state index is 11.4. The van der Waals surface area contributed by atoms with Crippen molar-refractivity contribution in [2.75, 3.05) is 0 Å². The van der Waals surface area contributed by atoms with Crippen molar-refractivity contribution in [2.45, 2.75) is 79.1 Å². The van der Waals surface area contributed by atoms with E-state index in [2.05, 4.69) is 9.72 Å². The molecule has 1 rings (SSSR count). The lowest BCUT2D eigenvalue weighted by Crippen LogP contribution is -2.29. The van der Waals surface area contributed by atoms with Crippen LogP contribution >= 0.6 is 0 Å². The Morgan fingerprint density at radius 2 is 1.24 bits per heavy atom. The van der Waals surface area contributed by atoms with Crippen LogP contribution in [0.4, 0.5) is 14.4 Å². The van der Waals surface area contributed by atoms with Crippen LogP contribution in [0.15, 0.2) is 12.5 Å². The fraction of sp³-hybridized carbons (Fsp3) is 0.632. The van der Waals surface area contributed by atoms with Gasteiger partial charge in [0.15, 0.2) is 6.29 Å². The molecule has 0 unspecified atom stereocenters. The summed E-state index contributed by atoms with van der Waals surface area (Å²) in [5.74, 6) is 0. The van der Waals surface area contributed by atoms with Crippen molar-refractivity contribution < 1.29 is 38.1 Å². The van der Waals surface area contributed by atoms with Gasteiger partial charge < -0.3 is 18.9 Å². The van der Waals surface area contributed by atoms with Crippen molar-refractivity contribution in [1.82, 2.24) is 9.55 Å². The molecule has 0 fully saturated rings. The van der Waals surface area contributed by atoms with E-state index >= 15 is 0 Å². The number of hydrogen-bond donors (Lipinski definition) is 0. The van der Waals surface area contributed by atoms with Crippen LogP contribution < -0.4 is 0 Å². The van der Waals surface area contributed by atoms with Gasteiger partial charge in [-0.15, -0.1) is 0 Å². The number of carbonyl (C=O) groups excluding carboxylic acids is 4. The minimum absolute atomic E-state index is 0.204. The van der Waals surface area contributed by atoms with Gasteiger partial charge in [0.2, 0.25) is 0 Å². The average molecular weight is 414 g/mol. The topological polar surface area (TPSA) is 123 Å². The van der Waals surface area contributed by atoms with E-state index in [4.69, 9.17) is 14.2 Å². The zero-order valence-electron chi connectivity index (χ0n) is 18.4. The van der Waals surface area contributed by atoms with Gasteiger partial charge in [-0.25, -0.2) is 23.9 Å². The lowest BCUT2D eigenvalue weighted by Gasteiger charge is -2.20. The minimum Gasteiger partial charge on any atom is -0.443 e. The van der Waals surface area contributed by atoms with Crippen molar-refractivity contribution in [3.8, 4) is 0 Å². The van der Waals surface area contributed by atoms with Gasteiger partial charge in [-0.3, -0.25) is 4.79 Å². The maximum atomic E-state index is 11.4. The number of aromatic nitrogens is 2. The largest absolute Gasteiger partial charge is 0.519 e. The molecule has 0 saturated heterocycles. The molecule has 0 aliphatic heterocycles. The maximum Gasteiger partial charge on any atom is 0.519 e. The molecule has 0 N–H and O–H groups in total. The summed E-state index contributed by atoms with van der Waals surface area (Å²) in [6, 6.07) is 0. The summed E-state index contributed by atoms with van der Waals surface area (Å²) in [6.45, 7) is 15.3. The molecule has 164 valence electrons. The number of hydrogen-bond acceptors (Lipinski definition) is 9. The van der Waals surface area contributed by atoms with E-state index in [9.17, 15) is 19.2 Å². The van der Waals surface area contributed by atoms with E-state index in [1.54, 1.807) is 62.3 Å². The average Bonchev–Trinajstić information content (AvgIpc) is 2.90. The molecule has 0 aliphatic carbocycles. The number of ether oxygens (including phenoxy) is 4. The first kappa shape index (κ1) is 26.1.